The van der Waals surface area contributed by atoms with Gasteiger partial charge in [0.05, 0.1) is 12.3 Å². The number of aromatic nitrogens is 3. The Kier molecular flexibility index (Phi) is 3.58. The summed E-state index contributed by atoms with van der Waals surface area (Å²) in [4.78, 5) is 13.0. The molecule has 0 bridgehead atoms. The average molecular weight is 286 g/mol. The van der Waals surface area contributed by atoms with Crippen LogP contribution in [0.5, 0.6) is 0 Å². The molecule has 0 amide bonds. The van der Waals surface area contributed by atoms with Gasteiger partial charge in [-0.25, -0.2) is 9.97 Å². The van der Waals surface area contributed by atoms with Crippen molar-refractivity contribution in [3.8, 4) is 11.4 Å². The molecular weight excluding hydrogens is 274 g/mol. The third-order valence-electron chi connectivity index (χ3n) is 2.95. The Labute approximate surface area is 121 Å². The van der Waals surface area contributed by atoms with E-state index in [0.29, 0.717) is 17.6 Å². The number of rotatable bonds is 3. The number of ether oxygens (including phenoxy) is 1. The SMILES string of the molecule is COCc1cc(Cl)nc(-c2cncc3ccccc23)n1. The summed E-state index contributed by atoms with van der Waals surface area (Å²) in [7, 11) is 1.62. The number of benzene rings is 1. The quantitative estimate of drug-likeness (QED) is 0.691. The maximum absolute atomic E-state index is 6.06. The minimum Gasteiger partial charge on any atom is -0.378 e. The zero-order chi connectivity index (χ0) is 13.9. The molecular formula is C15H12ClN3O. The van der Waals surface area contributed by atoms with E-state index >= 15 is 0 Å². The highest BCUT2D eigenvalue weighted by atomic mass is 35.5. The Balaban J connectivity index is 2.20. The number of methoxy groups -OCH3 is 1. The first-order chi connectivity index (χ1) is 9.78. The molecule has 0 aliphatic heterocycles. The summed E-state index contributed by atoms with van der Waals surface area (Å²) in [5.41, 5.74) is 1.61. The highest BCUT2D eigenvalue weighted by Gasteiger charge is 2.09. The van der Waals surface area contributed by atoms with Gasteiger partial charge in [0.1, 0.15) is 5.15 Å². The molecule has 2 heterocycles. The van der Waals surface area contributed by atoms with Gasteiger partial charge in [-0.1, -0.05) is 35.9 Å². The van der Waals surface area contributed by atoms with E-state index in [9.17, 15) is 0 Å². The van der Waals surface area contributed by atoms with E-state index in [4.69, 9.17) is 16.3 Å². The number of halogens is 1. The summed E-state index contributed by atoms with van der Waals surface area (Å²) >= 11 is 6.06. The molecule has 20 heavy (non-hydrogen) atoms. The van der Waals surface area contributed by atoms with Crippen LogP contribution in [0, 0.1) is 0 Å². The smallest absolute Gasteiger partial charge is 0.163 e. The molecule has 0 aliphatic rings. The van der Waals surface area contributed by atoms with Crippen molar-refractivity contribution in [2.45, 2.75) is 6.61 Å². The van der Waals surface area contributed by atoms with Gasteiger partial charge in [0.25, 0.3) is 0 Å². The Morgan fingerprint density at radius 2 is 2.00 bits per heavy atom. The molecule has 0 radical (unpaired) electrons. The molecule has 0 aliphatic carbocycles. The number of fused-ring (bicyclic) bond motifs is 1. The summed E-state index contributed by atoms with van der Waals surface area (Å²) in [6.45, 7) is 0.396. The topological polar surface area (TPSA) is 47.9 Å². The fourth-order valence-electron chi connectivity index (χ4n) is 2.10. The van der Waals surface area contributed by atoms with E-state index in [1.54, 1.807) is 19.4 Å². The van der Waals surface area contributed by atoms with Crippen LogP contribution in [-0.4, -0.2) is 22.1 Å². The lowest BCUT2D eigenvalue weighted by Crippen LogP contribution is -1.98. The molecule has 0 fully saturated rings. The predicted molar refractivity (Wildman–Crippen MR) is 78.5 cm³/mol. The lowest BCUT2D eigenvalue weighted by atomic mass is 10.1. The van der Waals surface area contributed by atoms with Crippen LogP contribution in [0.15, 0.2) is 42.7 Å². The molecule has 0 atom stereocenters. The molecule has 0 unspecified atom stereocenters. The summed E-state index contributed by atoms with van der Waals surface area (Å²) in [5, 5.41) is 2.49. The largest absolute Gasteiger partial charge is 0.378 e. The van der Waals surface area contributed by atoms with Crippen LogP contribution in [0.3, 0.4) is 0 Å². The molecule has 3 rings (SSSR count). The third kappa shape index (κ3) is 2.48. The van der Waals surface area contributed by atoms with Gasteiger partial charge in [-0.05, 0) is 11.5 Å². The average Bonchev–Trinajstić information content (AvgIpc) is 2.46. The highest BCUT2D eigenvalue weighted by molar-refractivity contribution is 6.29. The summed E-state index contributed by atoms with van der Waals surface area (Å²) in [6.07, 6.45) is 3.57. The molecule has 0 N–H and O–H groups in total. The van der Waals surface area contributed by atoms with Gasteiger partial charge < -0.3 is 4.74 Å². The molecule has 4 nitrogen and oxygen atoms in total. The molecule has 0 saturated heterocycles. The monoisotopic (exact) mass is 285 g/mol. The molecule has 100 valence electrons. The first-order valence-corrected chi connectivity index (χ1v) is 6.51. The summed E-state index contributed by atoms with van der Waals surface area (Å²) in [5.74, 6) is 0.564. The van der Waals surface area contributed by atoms with E-state index in [1.165, 1.54) is 0 Å². The van der Waals surface area contributed by atoms with Crippen molar-refractivity contribution in [3.05, 3.63) is 53.6 Å². The molecule has 5 heteroatoms. The fourth-order valence-corrected chi connectivity index (χ4v) is 2.31. The second-order valence-electron chi connectivity index (χ2n) is 4.35. The van der Waals surface area contributed by atoms with Crippen molar-refractivity contribution in [2.24, 2.45) is 0 Å². The molecule has 2 aromatic heterocycles. The van der Waals surface area contributed by atoms with E-state index in [-0.39, 0.29) is 0 Å². The zero-order valence-corrected chi connectivity index (χ0v) is 11.6. The van der Waals surface area contributed by atoms with E-state index < -0.39 is 0 Å². The summed E-state index contributed by atoms with van der Waals surface area (Å²) < 4.78 is 5.10. The van der Waals surface area contributed by atoms with Crippen molar-refractivity contribution in [1.29, 1.82) is 0 Å². The van der Waals surface area contributed by atoms with Gasteiger partial charge in [-0.3, -0.25) is 4.98 Å². The van der Waals surface area contributed by atoms with E-state index in [0.717, 1.165) is 22.0 Å². The van der Waals surface area contributed by atoms with Crippen molar-refractivity contribution < 1.29 is 4.74 Å². The summed E-state index contributed by atoms with van der Waals surface area (Å²) in [6, 6.07) is 9.68. The number of pyridine rings is 1. The lowest BCUT2D eigenvalue weighted by Gasteiger charge is -2.07. The normalized spacial score (nSPS) is 10.9. The van der Waals surface area contributed by atoms with Crippen molar-refractivity contribution in [3.63, 3.8) is 0 Å². The second kappa shape index (κ2) is 5.53. The Bertz CT molecular complexity index is 756. The molecule has 3 aromatic rings. The van der Waals surface area contributed by atoms with Crippen LogP contribution >= 0.6 is 11.6 Å². The van der Waals surface area contributed by atoms with Gasteiger partial charge in [0.15, 0.2) is 5.82 Å². The highest BCUT2D eigenvalue weighted by Crippen LogP contribution is 2.26. The number of nitrogens with zero attached hydrogens (tertiary/aromatic N) is 3. The van der Waals surface area contributed by atoms with Gasteiger partial charge in [0, 0.05) is 30.5 Å². The van der Waals surface area contributed by atoms with Crippen LogP contribution in [0.1, 0.15) is 5.69 Å². The molecule has 0 spiro atoms. The first-order valence-electron chi connectivity index (χ1n) is 6.13. The maximum Gasteiger partial charge on any atom is 0.163 e. The lowest BCUT2D eigenvalue weighted by molar-refractivity contribution is 0.181. The van der Waals surface area contributed by atoms with E-state index in [1.807, 2.05) is 30.5 Å². The standard InChI is InChI=1S/C15H12ClN3O/c1-20-9-11-6-14(16)19-15(18-11)13-8-17-7-10-4-2-3-5-12(10)13/h2-8H,9H2,1H3. The Hall–Kier alpha value is -2.04. The van der Waals surface area contributed by atoms with Crippen LogP contribution in [0.25, 0.3) is 22.2 Å². The van der Waals surface area contributed by atoms with Crippen LogP contribution in [-0.2, 0) is 11.3 Å². The van der Waals surface area contributed by atoms with Crippen LogP contribution in [0.2, 0.25) is 5.15 Å². The van der Waals surface area contributed by atoms with Crippen molar-refractivity contribution in [2.75, 3.05) is 7.11 Å². The predicted octanol–water partition coefficient (Wildman–Crippen LogP) is 3.49. The van der Waals surface area contributed by atoms with Crippen molar-refractivity contribution >= 4 is 22.4 Å². The number of hydrogen-bond donors (Lipinski definition) is 0. The van der Waals surface area contributed by atoms with Gasteiger partial charge in [0.2, 0.25) is 0 Å². The van der Waals surface area contributed by atoms with Gasteiger partial charge >= 0.3 is 0 Å². The van der Waals surface area contributed by atoms with Crippen LogP contribution in [0.4, 0.5) is 0 Å². The van der Waals surface area contributed by atoms with Crippen molar-refractivity contribution in [1.82, 2.24) is 15.0 Å². The fraction of sp³-hybridized carbons (Fsp3) is 0.133. The second-order valence-corrected chi connectivity index (χ2v) is 4.73. The molecule has 0 saturated carbocycles. The maximum atomic E-state index is 6.06. The molecule has 1 aromatic carbocycles. The number of hydrogen-bond acceptors (Lipinski definition) is 4. The minimum absolute atomic E-state index is 0.396. The van der Waals surface area contributed by atoms with Crippen LogP contribution < -0.4 is 0 Å². The Morgan fingerprint density at radius 3 is 2.85 bits per heavy atom. The van der Waals surface area contributed by atoms with E-state index in [2.05, 4.69) is 15.0 Å². The third-order valence-corrected chi connectivity index (χ3v) is 3.14. The van der Waals surface area contributed by atoms with Gasteiger partial charge in [-0.15, -0.1) is 0 Å². The minimum atomic E-state index is 0.396. The first kappa shape index (κ1) is 13.0. The van der Waals surface area contributed by atoms with Gasteiger partial charge in [-0.2, -0.15) is 0 Å². The zero-order valence-electron chi connectivity index (χ0n) is 10.9. The Morgan fingerprint density at radius 1 is 1.15 bits per heavy atom.